The summed E-state index contributed by atoms with van der Waals surface area (Å²) < 4.78 is 0. The van der Waals surface area contributed by atoms with E-state index in [2.05, 4.69) is 0 Å². The average Bonchev–Trinajstić information content (AvgIpc) is 2.34. The Morgan fingerprint density at radius 2 is 1.95 bits per heavy atom. The second kappa shape index (κ2) is 6.29. The van der Waals surface area contributed by atoms with Gasteiger partial charge in [0.15, 0.2) is 0 Å². The SMILES string of the molecule is CC(C)N(CC(=O)O)C(C)c1ccccc1[N+](=O)[O-]. The summed E-state index contributed by atoms with van der Waals surface area (Å²) in [5.74, 6) is -0.945. The number of nitrogens with zero attached hydrogens (tertiary/aromatic N) is 2. The Balaban J connectivity index is 3.12. The number of carboxylic acids is 1. The summed E-state index contributed by atoms with van der Waals surface area (Å²) in [5.41, 5.74) is 0.550. The predicted octanol–water partition coefficient (Wildman–Crippen LogP) is 2.45. The van der Waals surface area contributed by atoms with Crippen molar-refractivity contribution in [3.05, 3.63) is 39.9 Å². The van der Waals surface area contributed by atoms with E-state index in [9.17, 15) is 14.9 Å². The van der Waals surface area contributed by atoms with E-state index in [1.807, 2.05) is 13.8 Å². The molecule has 6 nitrogen and oxygen atoms in total. The molecule has 0 aromatic heterocycles. The number of nitro groups is 1. The topological polar surface area (TPSA) is 83.7 Å². The second-order valence-corrected chi connectivity index (χ2v) is 4.65. The summed E-state index contributed by atoms with van der Waals surface area (Å²) in [6.45, 7) is 5.37. The Kier molecular flexibility index (Phi) is 5.00. The Labute approximate surface area is 111 Å². The number of benzene rings is 1. The molecular weight excluding hydrogens is 248 g/mol. The maximum absolute atomic E-state index is 11.0. The summed E-state index contributed by atoms with van der Waals surface area (Å²) in [4.78, 5) is 23.2. The molecule has 0 fully saturated rings. The molecule has 1 unspecified atom stereocenters. The lowest BCUT2D eigenvalue weighted by Crippen LogP contribution is -2.37. The van der Waals surface area contributed by atoms with Crippen molar-refractivity contribution < 1.29 is 14.8 Å². The molecule has 0 radical (unpaired) electrons. The number of carbonyl (C=O) groups is 1. The standard InChI is InChI=1S/C13H18N2O4/c1-9(2)14(8-13(16)17)10(3)11-6-4-5-7-12(11)15(18)19/h4-7,9-10H,8H2,1-3H3,(H,16,17). The highest BCUT2D eigenvalue weighted by Gasteiger charge is 2.26. The van der Waals surface area contributed by atoms with Gasteiger partial charge in [0.25, 0.3) is 5.69 Å². The van der Waals surface area contributed by atoms with Gasteiger partial charge in [0.2, 0.25) is 0 Å². The molecular formula is C13H18N2O4. The maximum Gasteiger partial charge on any atom is 0.317 e. The zero-order valence-electron chi connectivity index (χ0n) is 11.2. The fraction of sp³-hybridized carbons (Fsp3) is 0.462. The number of hydrogen-bond donors (Lipinski definition) is 1. The number of rotatable bonds is 6. The number of nitro benzene ring substituents is 1. The van der Waals surface area contributed by atoms with Crippen LogP contribution in [0, 0.1) is 10.1 Å². The van der Waals surface area contributed by atoms with Gasteiger partial charge in [-0.15, -0.1) is 0 Å². The molecule has 0 spiro atoms. The first-order valence-corrected chi connectivity index (χ1v) is 6.05. The lowest BCUT2D eigenvalue weighted by Gasteiger charge is -2.31. The zero-order chi connectivity index (χ0) is 14.6. The van der Waals surface area contributed by atoms with Gasteiger partial charge in [-0.25, -0.2) is 0 Å². The van der Waals surface area contributed by atoms with Crippen LogP contribution in [-0.4, -0.2) is 33.5 Å². The van der Waals surface area contributed by atoms with Gasteiger partial charge in [-0.3, -0.25) is 19.8 Å². The highest BCUT2D eigenvalue weighted by molar-refractivity contribution is 5.69. The van der Waals surface area contributed by atoms with Crippen LogP contribution in [-0.2, 0) is 4.79 Å². The van der Waals surface area contributed by atoms with Gasteiger partial charge in [-0.2, -0.15) is 0 Å². The molecule has 6 heteroatoms. The smallest absolute Gasteiger partial charge is 0.317 e. The minimum atomic E-state index is -0.945. The van der Waals surface area contributed by atoms with E-state index in [0.29, 0.717) is 5.56 Å². The molecule has 1 atom stereocenters. The molecule has 0 aliphatic heterocycles. The molecule has 0 aliphatic rings. The van der Waals surface area contributed by atoms with E-state index in [4.69, 9.17) is 5.11 Å². The summed E-state index contributed by atoms with van der Waals surface area (Å²) in [6.07, 6.45) is 0. The van der Waals surface area contributed by atoms with Crippen molar-refractivity contribution in [1.82, 2.24) is 4.90 Å². The summed E-state index contributed by atoms with van der Waals surface area (Å²) >= 11 is 0. The van der Waals surface area contributed by atoms with Crippen molar-refractivity contribution in [1.29, 1.82) is 0 Å². The minimum absolute atomic E-state index is 0.0195. The number of para-hydroxylation sites is 1. The molecule has 0 aliphatic carbocycles. The summed E-state index contributed by atoms with van der Waals surface area (Å²) in [7, 11) is 0. The fourth-order valence-electron chi connectivity index (χ4n) is 2.11. The third-order valence-electron chi connectivity index (χ3n) is 3.06. The van der Waals surface area contributed by atoms with Gasteiger partial charge < -0.3 is 5.11 Å². The Morgan fingerprint density at radius 3 is 2.42 bits per heavy atom. The van der Waals surface area contributed by atoms with Gasteiger partial charge >= 0.3 is 5.97 Å². The van der Waals surface area contributed by atoms with Crippen LogP contribution in [0.25, 0.3) is 0 Å². The van der Waals surface area contributed by atoms with Gasteiger partial charge in [0.05, 0.1) is 11.5 Å². The van der Waals surface area contributed by atoms with Crippen LogP contribution in [0.5, 0.6) is 0 Å². The molecule has 1 rings (SSSR count). The molecule has 1 N–H and O–H groups in total. The molecule has 0 saturated carbocycles. The van der Waals surface area contributed by atoms with Crippen molar-refractivity contribution in [2.24, 2.45) is 0 Å². The first-order valence-electron chi connectivity index (χ1n) is 6.05. The van der Waals surface area contributed by atoms with Gasteiger partial charge in [-0.1, -0.05) is 18.2 Å². The van der Waals surface area contributed by atoms with Crippen molar-refractivity contribution in [2.45, 2.75) is 32.9 Å². The van der Waals surface area contributed by atoms with Crippen LogP contribution in [0.3, 0.4) is 0 Å². The van der Waals surface area contributed by atoms with Crippen LogP contribution in [0.15, 0.2) is 24.3 Å². The molecule has 104 valence electrons. The van der Waals surface area contributed by atoms with Crippen LogP contribution >= 0.6 is 0 Å². The third kappa shape index (κ3) is 3.75. The molecule has 19 heavy (non-hydrogen) atoms. The molecule has 0 saturated heterocycles. The van der Waals surface area contributed by atoms with E-state index in [1.165, 1.54) is 6.07 Å². The van der Waals surface area contributed by atoms with Crippen molar-refractivity contribution in [3.63, 3.8) is 0 Å². The van der Waals surface area contributed by atoms with Crippen molar-refractivity contribution in [2.75, 3.05) is 6.54 Å². The summed E-state index contributed by atoms with van der Waals surface area (Å²) in [5, 5.41) is 19.9. The Morgan fingerprint density at radius 1 is 1.37 bits per heavy atom. The molecule has 0 bridgehead atoms. The maximum atomic E-state index is 11.0. The van der Waals surface area contributed by atoms with E-state index in [-0.39, 0.29) is 24.3 Å². The number of aliphatic carboxylic acids is 1. The molecule has 0 amide bonds. The number of carboxylic acid groups (broad SMARTS) is 1. The fourth-order valence-corrected chi connectivity index (χ4v) is 2.11. The van der Waals surface area contributed by atoms with Crippen LogP contribution in [0.4, 0.5) is 5.69 Å². The quantitative estimate of drug-likeness (QED) is 0.631. The molecule has 1 aromatic carbocycles. The van der Waals surface area contributed by atoms with E-state index in [1.54, 1.807) is 30.0 Å². The lowest BCUT2D eigenvalue weighted by molar-refractivity contribution is -0.386. The van der Waals surface area contributed by atoms with Crippen LogP contribution < -0.4 is 0 Å². The second-order valence-electron chi connectivity index (χ2n) is 4.65. The highest BCUT2D eigenvalue weighted by atomic mass is 16.6. The van der Waals surface area contributed by atoms with E-state index < -0.39 is 10.9 Å². The third-order valence-corrected chi connectivity index (χ3v) is 3.06. The zero-order valence-corrected chi connectivity index (χ0v) is 11.2. The predicted molar refractivity (Wildman–Crippen MR) is 71.0 cm³/mol. The van der Waals surface area contributed by atoms with Gasteiger partial charge in [0, 0.05) is 23.7 Å². The van der Waals surface area contributed by atoms with E-state index >= 15 is 0 Å². The highest BCUT2D eigenvalue weighted by Crippen LogP contribution is 2.29. The first-order chi connectivity index (χ1) is 8.84. The van der Waals surface area contributed by atoms with Crippen LogP contribution in [0.1, 0.15) is 32.4 Å². The molecule has 0 heterocycles. The van der Waals surface area contributed by atoms with Crippen molar-refractivity contribution >= 4 is 11.7 Å². The monoisotopic (exact) mass is 266 g/mol. The largest absolute Gasteiger partial charge is 0.480 e. The average molecular weight is 266 g/mol. The summed E-state index contributed by atoms with van der Waals surface area (Å²) in [6, 6.07) is 6.07. The Bertz CT molecular complexity index is 473. The van der Waals surface area contributed by atoms with E-state index in [0.717, 1.165) is 0 Å². The number of hydrogen-bond acceptors (Lipinski definition) is 4. The first kappa shape index (κ1) is 15.1. The van der Waals surface area contributed by atoms with Gasteiger partial charge in [0.1, 0.15) is 0 Å². The van der Waals surface area contributed by atoms with Gasteiger partial charge in [-0.05, 0) is 20.8 Å². The van der Waals surface area contributed by atoms with Crippen LogP contribution in [0.2, 0.25) is 0 Å². The lowest BCUT2D eigenvalue weighted by atomic mass is 10.0. The normalized spacial score (nSPS) is 12.7. The van der Waals surface area contributed by atoms with Crippen molar-refractivity contribution in [3.8, 4) is 0 Å². The Hall–Kier alpha value is -1.95. The minimum Gasteiger partial charge on any atom is -0.480 e. The molecule has 1 aromatic rings.